The van der Waals surface area contributed by atoms with Gasteiger partial charge in [0.15, 0.2) is 11.5 Å². The Morgan fingerprint density at radius 1 is 1.05 bits per heavy atom. The Labute approximate surface area is 111 Å². The van der Waals surface area contributed by atoms with Gasteiger partial charge in [0.05, 0.1) is 12.3 Å². The molecule has 0 heterocycles. The second-order valence-corrected chi connectivity index (χ2v) is 4.02. The Morgan fingerprint density at radius 3 is 2.37 bits per heavy atom. The molecule has 19 heavy (non-hydrogen) atoms. The fraction of sp³-hybridized carbons (Fsp3) is 0.200. The van der Waals surface area contributed by atoms with Gasteiger partial charge in [-0.1, -0.05) is 18.2 Å². The molecule has 2 N–H and O–H groups in total. The van der Waals surface area contributed by atoms with E-state index >= 15 is 0 Å². The Hall–Kier alpha value is -2.23. The lowest BCUT2D eigenvalue weighted by Gasteiger charge is -2.11. The molecular formula is C15H16FNO2. The van der Waals surface area contributed by atoms with Crippen LogP contribution in [0.15, 0.2) is 42.5 Å². The van der Waals surface area contributed by atoms with Crippen LogP contribution in [0, 0.1) is 5.82 Å². The first-order valence-corrected chi connectivity index (χ1v) is 6.09. The number of benzene rings is 2. The number of rotatable bonds is 5. The van der Waals surface area contributed by atoms with Crippen LogP contribution in [0.4, 0.5) is 10.1 Å². The minimum Gasteiger partial charge on any atom is -0.490 e. The summed E-state index contributed by atoms with van der Waals surface area (Å²) >= 11 is 0. The molecule has 3 nitrogen and oxygen atoms in total. The van der Waals surface area contributed by atoms with Crippen molar-refractivity contribution in [3.8, 4) is 11.5 Å². The van der Waals surface area contributed by atoms with Gasteiger partial charge >= 0.3 is 0 Å². The van der Waals surface area contributed by atoms with Crippen LogP contribution in [-0.4, -0.2) is 6.61 Å². The lowest BCUT2D eigenvalue weighted by molar-refractivity contribution is 0.269. The fourth-order valence-corrected chi connectivity index (χ4v) is 1.67. The Morgan fingerprint density at radius 2 is 1.74 bits per heavy atom. The van der Waals surface area contributed by atoms with E-state index in [-0.39, 0.29) is 12.3 Å². The first kappa shape index (κ1) is 13.2. The fourth-order valence-electron chi connectivity index (χ4n) is 1.67. The zero-order valence-electron chi connectivity index (χ0n) is 10.7. The first-order chi connectivity index (χ1) is 9.20. The highest BCUT2D eigenvalue weighted by Gasteiger charge is 2.05. The van der Waals surface area contributed by atoms with Crippen LogP contribution in [-0.2, 0) is 6.61 Å². The molecule has 0 atom stereocenters. The van der Waals surface area contributed by atoms with E-state index in [1.165, 1.54) is 12.1 Å². The van der Waals surface area contributed by atoms with Crippen molar-refractivity contribution in [1.82, 2.24) is 0 Å². The predicted octanol–water partition coefficient (Wildman–Crippen LogP) is 3.39. The second-order valence-electron chi connectivity index (χ2n) is 4.02. The van der Waals surface area contributed by atoms with Crippen molar-refractivity contribution in [2.75, 3.05) is 12.3 Å². The summed E-state index contributed by atoms with van der Waals surface area (Å²) in [4.78, 5) is 0. The Bertz CT molecular complexity index is 558. The highest BCUT2D eigenvalue weighted by atomic mass is 19.1. The average Bonchev–Trinajstić information content (AvgIpc) is 2.42. The minimum atomic E-state index is -0.431. The molecule has 4 heteroatoms. The van der Waals surface area contributed by atoms with Gasteiger partial charge in [0.25, 0.3) is 0 Å². The van der Waals surface area contributed by atoms with Gasteiger partial charge in [-0.3, -0.25) is 0 Å². The van der Waals surface area contributed by atoms with E-state index in [1.54, 1.807) is 6.07 Å². The van der Waals surface area contributed by atoms with Gasteiger partial charge in [-0.05, 0) is 36.8 Å². The zero-order chi connectivity index (χ0) is 13.7. The molecule has 2 rings (SSSR count). The van der Waals surface area contributed by atoms with Crippen molar-refractivity contribution in [3.05, 3.63) is 53.8 Å². The second kappa shape index (κ2) is 6.09. The van der Waals surface area contributed by atoms with Crippen LogP contribution in [0.25, 0.3) is 0 Å². The van der Waals surface area contributed by atoms with E-state index < -0.39 is 5.82 Å². The molecule has 0 unspecified atom stereocenters. The zero-order valence-corrected chi connectivity index (χ0v) is 10.7. The number of nitrogens with two attached hydrogens (primary N) is 1. The van der Waals surface area contributed by atoms with Crippen LogP contribution in [0.5, 0.6) is 11.5 Å². The molecule has 0 aromatic heterocycles. The van der Waals surface area contributed by atoms with Gasteiger partial charge < -0.3 is 15.2 Å². The molecular weight excluding hydrogens is 245 g/mol. The minimum absolute atomic E-state index is 0.137. The molecule has 0 fully saturated rings. The van der Waals surface area contributed by atoms with Gasteiger partial charge in [0.2, 0.25) is 0 Å². The van der Waals surface area contributed by atoms with Crippen LogP contribution in [0.3, 0.4) is 0 Å². The summed E-state index contributed by atoms with van der Waals surface area (Å²) in [7, 11) is 0. The van der Waals surface area contributed by atoms with Crippen molar-refractivity contribution in [2.45, 2.75) is 13.5 Å². The predicted molar refractivity (Wildman–Crippen MR) is 72.8 cm³/mol. The maximum absolute atomic E-state index is 13.3. The normalized spacial score (nSPS) is 10.2. The standard InChI is InChI=1S/C15H16FNO2/c1-2-18-14-5-3-4-6-15(14)19-10-11-7-8-13(17)12(16)9-11/h3-9H,2,10,17H2,1H3. The number of hydrogen-bond acceptors (Lipinski definition) is 3. The maximum Gasteiger partial charge on any atom is 0.161 e. The van der Waals surface area contributed by atoms with Gasteiger partial charge in [0, 0.05) is 0 Å². The van der Waals surface area contributed by atoms with E-state index in [9.17, 15) is 4.39 Å². The summed E-state index contributed by atoms with van der Waals surface area (Å²) in [5.74, 6) is 0.890. The molecule has 0 aliphatic rings. The van der Waals surface area contributed by atoms with E-state index in [4.69, 9.17) is 15.2 Å². The smallest absolute Gasteiger partial charge is 0.161 e. The highest BCUT2D eigenvalue weighted by Crippen LogP contribution is 2.27. The van der Waals surface area contributed by atoms with Crippen LogP contribution >= 0.6 is 0 Å². The maximum atomic E-state index is 13.3. The molecule has 2 aromatic carbocycles. The Kier molecular flexibility index (Phi) is 4.23. The third-order valence-electron chi connectivity index (χ3n) is 2.61. The topological polar surface area (TPSA) is 44.5 Å². The molecule has 100 valence electrons. The molecule has 0 aliphatic heterocycles. The quantitative estimate of drug-likeness (QED) is 0.839. The number of halogens is 1. The molecule has 0 saturated heterocycles. The lowest BCUT2D eigenvalue weighted by Crippen LogP contribution is -2.00. The van der Waals surface area contributed by atoms with Crippen molar-refractivity contribution in [3.63, 3.8) is 0 Å². The third-order valence-corrected chi connectivity index (χ3v) is 2.61. The van der Waals surface area contributed by atoms with Crippen molar-refractivity contribution in [1.29, 1.82) is 0 Å². The number of para-hydroxylation sites is 2. The largest absolute Gasteiger partial charge is 0.490 e. The van der Waals surface area contributed by atoms with E-state index in [1.807, 2.05) is 31.2 Å². The molecule has 0 radical (unpaired) electrons. The summed E-state index contributed by atoms with van der Waals surface area (Å²) in [5, 5.41) is 0. The molecule has 0 bridgehead atoms. The Balaban J connectivity index is 2.07. The van der Waals surface area contributed by atoms with Gasteiger partial charge in [0.1, 0.15) is 12.4 Å². The number of hydrogen-bond donors (Lipinski definition) is 1. The van der Waals surface area contributed by atoms with Crippen molar-refractivity contribution >= 4 is 5.69 Å². The number of nitrogen functional groups attached to an aromatic ring is 1. The summed E-state index contributed by atoms with van der Waals surface area (Å²) < 4.78 is 24.4. The first-order valence-electron chi connectivity index (χ1n) is 6.09. The third kappa shape index (κ3) is 3.37. The summed E-state index contributed by atoms with van der Waals surface area (Å²) in [6.07, 6.45) is 0. The molecule has 0 spiro atoms. The van der Waals surface area contributed by atoms with E-state index in [2.05, 4.69) is 0 Å². The lowest BCUT2D eigenvalue weighted by atomic mass is 10.2. The van der Waals surface area contributed by atoms with Gasteiger partial charge in [-0.15, -0.1) is 0 Å². The van der Waals surface area contributed by atoms with Gasteiger partial charge in [-0.25, -0.2) is 4.39 Å². The summed E-state index contributed by atoms with van der Waals surface area (Å²) in [6, 6.07) is 12.0. The van der Waals surface area contributed by atoms with Gasteiger partial charge in [-0.2, -0.15) is 0 Å². The molecule has 0 amide bonds. The highest BCUT2D eigenvalue weighted by molar-refractivity contribution is 5.42. The van der Waals surface area contributed by atoms with Crippen LogP contribution in [0.1, 0.15) is 12.5 Å². The molecule has 0 aliphatic carbocycles. The summed E-state index contributed by atoms with van der Waals surface area (Å²) in [5.41, 5.74) is 6.28. The van der Waals surface area contributed by atoms with Crippen molar-refractivity contribution < 1.29 is 13.9 Å². The molecule has 0 saturated carbocycles. The van der Waals surface area contributed by atoms with E-state index in [0.717, 1.165) is 5.56 Å². The average molecular weight is 261 g/mol. The number of anilines is 1. The van der Waals surface area contributed by atoms with E-state index in [0.29, 0.717) is 18.1 Å². The SMILES string of the molecule is CCOc1ccccc1OCc1ccc(N)c(F)c1. The summed E-state index contributed by atoms with van der Waals surface area (Å²) in [6.45, 7) is 2.74. The van der Waals surface area contributed by atoms with Crippen LogP contribution < -0.4 is 15.2 Å². The number of ether oxygens (including phenoxy) is 2. The monoisotopic (exact) mass is 261 g/mol. The van der Waals surface area contributed by atoms with Crippen LogP contribution in [0.2, 0.25) is 0 Å². The molecule has 2 aromatic rings. The van der Waals surface area contributed by atoms with Crippen molar-refractivity contribution in [2.24, 2.45) is 0 Å².